The molecule has 1 amide bonds. The molecule has 0 unspecified atom stereocenters. The van der Waals surface area contributed by atoms with Crippen LogP contribution in [0.25, 0.3) is 0 Å². The average molecular weight is 352 g/mol. The fourth-order valence-electron chi connectivity index (χ4n) is 2.80. The highest BCUT2D eigenvalue weighted by molar-refractivity contribution is 5.78. The molecule has 1 saturated carbocycles. The second-order valence-corrected chi connectivity index (χ2v) is 5.83. The van der Waals surface area contributed by atoms with E-state index in [9.17, 15) is 19.7 Å². The number of nitrogens with one attached hydrogen (secondary N) is 1. The van der Waals surface area contributed by atoms with Gasteiger partial charge in [-0.3, -0.25) is 19.7 Å². The van der Waals surface area contributed by atoms with Crippen LogP contribution in [-0.2, 0) is 9.59 Å². The largest absolute Gasteiger partial charge is 0.490 e. The molecule has 2 rings (SSSR count). The number of carbonyl (C=O) groups is 2. The van der Waals surface area contributed by atoms with Crippen molar-refractivity contribution in [3.8, 4) is 11.5 Å². The van der Waals surface area contributed by atoms with Gasteiger partial charge in [0.05, 0.1) is 18.0 Å². The summed E-state index contributed by atoms with van der Waals surface area (Å²) < 4.78 is 10.3. The lowest BCUT2D eigenvalue weighted by Gasteiger charge is -2.26. The number of aliphatic carboxylic acids is 1. The predicted molar refractivity (Wildman–Crippen MR) is 86.7 cm³/mol. The first kappa shape index (κ1) is 18.5. The minimum Gasteiger partial charge on any atom is -0.490 e. The number of amides is 1. The summed E-state index contributed by atoms with van der Waals surface area (Å²) in [6, 6.07) is 3.94. The standard InChI is InChI=1S/C16H20N2O7/c1-24-14-8-12(6-7-13(14)18(22)23)25-9-15(19)17-11-4-2-10(3-5-11)16(20)21/h6-8,10-11H,2-5,9H2,1H3,(H,17,19)(H,20,21). The van der Waals surface area contributed by atoms with Gasteiger partial charge in [-0.05, 0) is 31.7 Å². The summed E-state index contributed by atoms with van der Waals surface area (Å²) in [6.45, 7) is -0.236. The number of carboxylic acids is 1. The minimum absolute atomic E-state index is 0.0508. The normalized spacial score (nSPS) is 19.7. The van der Waals surface area contributed by atoms with Gasteiger partial charge in [-0.25, -0.2) is 0 Å². The molecule has 1 aromatic rings. The number of hydrogen-bond acceptors (Lipinski definition) is 6. The highest BCUT2D eigenvalue weighted by atomic mass is 16.6. The summed E-state index contributed by atoms with van der Waals surface area (Å²) in [4.78, 5) is 33.1. The monoisotopic (exact) mass is 352 g/mol. The lowest BCUT2D eigenvalue weighted by molar-refractivity contribution is -0.385. The fraction of sp³-hybridized carbons (Fsp3) is 0.500. The number of hydrogen-bond donors (Lipinski definition) is 2. The van der Waals surface area contributed by atoms with Gasteiger partial charge in [-0.15, -0.1) is 0 Å². The van der Waals surface area contributed by atoms with Gasteiger partial charge in [0, 0.05) is 18.2 Å². The van der Waals surface area contributed by atoms with Crippen LogP contribution in [0.4, 0.5) is 5.69 Å². The third kappa shape index (κ3) is 5.07. The van der Waals surface area contributed by atoms with Crippen molar-refractivity contribution in [1.29, 1.82) is 0 Å². The Labute approximate surface area is 144 Å². The average Bonchev–Trinajstić information content (AvgIpc) is 2.60. The molecule has 1 aliphatic carbocycles. The number of benzene rings is 1. The van der Waals surface area contributed by atoms with Crippen LogP contribution >= 0.6 is 0 Å². The number of nitro groups is 1. The molecule has 1 aliphatic rings. The van der Waals surface area contributed by atoms with Crippen LogP contribution in [0.2, 0.25) is 0 Å². The van der Waals surface area contributed by atoms with Crippen molar-refractivity contribution >= 4 is 17.6 Å². The van der Waals surface area contributed by atoms with Crippen molar-refractivity contribution in [3.05, 3.63) is 28.3 Å². The molecule has 0 saturated heterocycles. The lowest BCUT2D eigenvalue weighted by atomic mass is 9.86. The van der Waals surface area contributed by atoms with Crippen LogP contribution in [0.1, 0.15) is 25.7 Å². The molecule has 2 N–H and O–H groups in total. The number of carboxylic acid groups (broad SMARTS) is 1. The Bertz CT molecular complexity index is 654. The van der Waals surface area contributed by atoms with Gasteiger partial charge in [-0.1, -0.05) is 0 Å². The predicted octanol–water partition coefficient (Wildman–Crippen LogP) is 1.74. The van der Waals surface area contributed by atoms with E-state index in [0.717, 1.165) is 0 Å². The number of methoxy groups -OCH3 is 1. The van der Waals surface area contributed by atoms with Gasteiger partial charge in [-0.2, -0.15) is 0 Å². The molecule has 1 aromatic carbocycles. The number of rotatable bonds is 7. The SMILES string of the molecule is COc1cc(OCC(=O)NC2CCC(C(=O)O)CC2)ccc1[N+](=O)[O-]. The van der Waals surface area contributed by atoms with Crippen molar-refractivity contribution in [1.82, 2.24) is 5.32 Å². The molecule has 9 nitrogen and oxygen atoms in total. The van der Waals surface area contributed by atoms with Gasteiger partial charge in [0.25, 0.3) is 5.91 Å². The second-order valence-electron chi connectivity index (χ2n) is 5.83. The van der Waals surface area contributed by atoms with Crippen molar-refractivity contribution in [2.24, 2.45) is 5.92 Å². The zero-order chi connectivity index (χ0) is 18.4. The highest BCUT2D eigenvalue weighted by Crippen LogP contribution is 2.30. The highest BCUT2D eigenvalue weighted by Gasteiger charge is 2.26. The molecule has 0 aliphatic heterocycles. The van der Waals surface area contributed by atoms with E-state index in [1.54, 1.807) is 0 Å². The molecule has 0 bridgehead atoms. The van der Waals surface area contributed by atoms with E-state index in [4.69, 9.17) is 14.6 Å². The Morgan fingerprint density at radius 1 is 1.32 bits per heavy atom. The van der Waals surface area contributed by atoms with Crippen molar-refractivity contribution in [2.75, 3.05) is 13.7 Å². The zero-order valence-electron chi connectivity index (χ0n) is 13.8. The van der Waals surface area contributed by atoms with E-state index < -0.39 is 10.9 Å². The maximum absolute atomic E-state index is 11.9. The number of nitrogens with zero attached hydrogens (tertiary/aromatic N) is 1. The molecule has 0 spiro atoms. The maximum atomic E-state index is 11.9. The van der Waals surface area contributed by atoms with Crippen molar-refractivity contribution in [3.63, 3.8) is 0 Å². The van der Waals surface area contributed by atoms with Crippen LogP contribution < -0.4 is 14.8 Å². The van der Waals surface area contributed by atoms with Gasteiger partial charge in [0.2, 0.25) is 5.75 Å². The van der Waals surface area contributed by atoms with Crippen LogP contribution in [-0.4, -0.2) is 41.7 Å². The number of ether oxygens (including phenoxy) is 2. The summed E-state index contributed by atoms with van der Waals surface area (Å²) in [7, 11) is 1.31. The summed E-state index contributed by atoms with van der Waals surface area (Å²) in [5, 5.41) is 22.6. The molecular weight excluding hydrogens is 332 g/mol. The molecule has 0 aromatic heterocycles. The Morgan fingerprint density at radius 3 is 2.56 bits per heavy atom. The molecule has 0 atom stereocenters. The smallest absolute Gasteiger partial charge is 0.311 e. The third-order valence-corrected chi connectivity index (χ3v) is 4.16. The molecule has 0 radical (unpaired) electrons. The molecule has 25 heavy (non-hydrogen) atoms. The quantitative estimate of drug-likeness (QED) is 0.565. The van der Waals surface area contributed by atoms with E-state index in [2.05, 4.69) is 5.32 Å². The Balaban J connectivity index is 1.82. The first-order valence-electron chi connectivity index (χ1n) is 7.88. The van der Waals surface area contributed by atoms with Gasteiger partial charge in [0.15, 0.2) is 6.61 Å². The minimum atomic E-state index is -0.791. The number of nitro benzene ring substituents is 1. The Morgan fingerprint density at radius 2 is 2.00 bits per heavy atom. The Hall–Kier alpha value is -2.84. The van der Waals surface area contributed by atoms with Gasteiger partial charge < -0.3 is 19.9 Å². The lowest BCUT2D eigenvalue weighted by Crippen LogP contribution is -2.40. The fourth-order valence-corrected chi connectivity index (χ4v) is 2.80. The summed E-state index contributed by atoms with van der Waals surface area (Å²) in [6.07, 6.45) is 2.32. The maximum Gasteiger partial charge on any atom is 0.311 e. The van der Waals surface area contributed by atoms with Crippen LogP contribution in [0.15, 0.2) is 18.2 Å². The van der Waals surface area contributed by atoms with Gasteiger partial charge in [0.1, 0.15) is 5.75 Å². The molecular formula is C16H20N2O7. The Kier molecular flexibility index (Phi) is 6.15. The van der Waals surface area contributed by atoms with Gasteiger partial charge >= 0.3 is 11.7 Å². The van der Waals surface area contributed by atoms with Crippen molar-refractivity contribution < 1.29 is 29.1 Å². The summed E-state index contributed by atoms with van der Waals surface area (Å²) >= 11 is 0. The van der Waals surface area contributed by atoms with E-state index >= 15 is 0 Å². The first-order chi connectivity index (χ1) is 11.9. The van der Waals surface area contributed by atoms with Crippen LogP contribution in [0.3, 0.4) is 0 Å². The van der Waals surface area contributed by atoms with Crippen LogP contribution in [0.5, 0.6) is 11.5 Å². The molecule has 1 fully saturated rings. The zero-order valence-corrected chi connectivity index (χ0v) is 13.8. The molecule has 136 valence electrons. The van der Waals surface area contributed by atoms with Crippen molar-refractivity contribution in [2.45, 2.75) is 31.7 Å². The molecule has 0 heterocycles. The molecule has 9 heteroatoms. The second kappa shape index (κ2) is 8.32. The van der Waals surface area contributed by atoms with E-state index in [-0.39, 0.29) is 41.7 Å². The number of carbonyl (C=O) groups excluding carboxylic acids is 1. The first-order valence-corrected chi connectivity index (χ1v) is 7.88. The van der Waals surface area contributed by atoms with E-state index in [0.29, 0.717) is 25.7 Å². The third-order valence-electron chi connectivity index (χ3n) is 4.16. The topological polar surface area (TPSA) is 128 Å². The van der Waals surface area contributed by atoms with Crippen LogP contribution in [0, 0.1) is 16.0 Å². The van der Waals surface area contributed by atoms with E-state index in [1.807, 2.05) is 0 Å². The van der Waals surface area contributed by atoms with E-state index in [1.165, 1.54) is 25.3 Å². The summed E-state index contributed by atoms with van der Waals surface area (Å²) in [5.74, 6) is -1.12. The summed E-state index contributed by atoms with van der Waals surface area (Å²) in [5.41, 5.74) is -0.186.